The highest BCUT2D eigenvalue weighted by Gasteiger charge is 2.30. The summed E-state index contributed by atoms with van der Waals surface area (Å²) in [5, 5.41) is 4.91. The molecule has 0 aromatic carbocycles. The van der Waals surface area contributed by atoms with E-state index in [0.717, 1.165) is 10.4 Å². The highest BCUT2D eigenvalue weighted by molar-refractivity contribution is 7.89. The third-order valence-corrected chi connectivity index (χ3v) is 6.28. The van der Waals surface area contributed by atoms with Gasteiger partial charge in [0, 0.05) is 24.0 Å². The van der Waals surface area contributed by atoms with Gasteiger partial charge in [-0.3, -0.25) is 0 Å². The third-order valence-electron chi connectivity index (χ3n) is 2.78. The summed E-state index contributed by atoms with van der Waals surface area (Å²) >= 11 is 1.48. The maximum atomic E-state index is 12.8. The molecule has 0 spiro atoms. The van der Waals surface area contributed by atoms with E-state index >= 15 is 0 Å². The Balaban J connectivity index is 3.32. The van der Waals surface area contributed by atoms with E-state index in [4.69, 9.17) is 0 Å². The molecule has 1 heterocycles. The smallest absolute Gasteiger partial charge is 0.245 e. The van der Waals surface area contributed by atoms with Gasteiger partial charge in [-0.05, 0) is 38.8 Å². The van der Waals surface area contributed by atoms with Crippen LogP contribution in [0.15, 0.2) is 22.9 Å². The molecule has 0 unspecified atom stereocenters. The van der Waals surface area contributed by atoms with Crippen LogP contribution in [0.5, 0.6) is 0 Å². The van der Waals surface area contributed by atoms with Crippen molar-refractivity contribution in [2.75, 3.05) is 13.6 Å². The fourth-order valence-corrected chi connectivity index (χ4v) is 5.33. The molecule has 0 fully saturated rings. The number of aryl methyl sites for hydroxylation is 1. The van der Waals surface area contributed by atoms with Crippen LogP contribution < -0.4 is 5.32 Å². The zero-order valence-corrected chi connectivity index (χ0v) is 13.6. The topological polar surface area (TPSA) is 49.4 Å². The van der Waals surface area contributed by atoms with Crippen molar-refractivity contribution >= 4 is 21.4 Å². The molecule has 0 amide bonds. The molecule has 0 bridgehead atoms. The van der Waals surface area contributed by atoms with Crippen molar-refractivity contribution in [3.63, 3.8) is 0 Å². The number of thiophene rings is 1. The lowest BCUT2D eigenvalue weighted by Crippen LogP contribution is -2.37. The molecule has 1 rings (SSSR count). The van der Waals surface area contributed by atoms with Gasteiger partial charge in [0.2, 0.25) is 10.0 Å². The number of rotatable bonds is 7. The van der Waals surface area contributed by atoms with Crippen LogP contribution in [0.4, 0.5) is 0 Å². The average Bonchev–Trinajstić information content (AvgIpc) is 2.68. The zero-order chi connectivity index (χ0) is 14.6. The van der Waals surface area contributed by atoms with Gasteiger partial charge in [-0.2, -0.15) is 4.31 Å². The summed E-state index contributed by atoms with van der Waals surface area (Å²) in [7, 11) is -1.66. The highest BCUT2D eigenvalue weighted by Crippen LogP contribution is 2.30. The predicted molar refractivity (Wildman–Crippen MR) is 81.0 cm³/mol. The Morgan fingerprint density at radius 2 is 2.16 bits per heavy atom. The van der Waals surface area contributed by atoms with E-state index in [2.05, 4.69) is 11.9 Å². The average molecular weight is 302 g/mol. The molecule has 19 heavy (non-hydrogen) atoms. The van der Waals surface area contributed by atoms with Crippen molar-refractivity contribution in [2.24, 2.45) is 0 Å². The summed E-state index contributed by atoms with van der Waals surface area (Å²) in [6, 6.07) is -0.0928. The van der Waals surface area contributed by atoms with Gasteiger partial charge in [0.15, 0.2) is 0 Å². The van der Waals surface area contributed by atoms with Crippen LogP contribution in [0.3, 0.4) is 0 Å². The Kier molecular flexibility index (Phi) is 5.73. The zero-order valence-electron chi connectivity index (χ0n) is 11.9. The maximum Gasteiger partial charge on any atom is 0.245 e. The third kappa shape index (κ3) is 3.45. The second-order valence-electron chi connectivity index (χ2n) is 4.66. The summed E-state index contributed by atoms with van der Waals surface area (Å²) in [5.41, 5.74) is 0.810. The first-order chi connectivity index (χ1) is 8.86. The summed E-state index contributed by atoms with van der Waals surface area (Å²) < 4.78 is 27.1. The minimum absolute atomic E-state index is 0.0928. The van der Waals surface area contributed by atoms with Crippen LogP contribution in [-0.2, 0) is 16.6 Å². The van der Waals surface area contributed by atoms with E-state index in [-0.39, 0.29) is 6.04 Å². The van der Waals surface area contributed by atoms with Crippen molar-refractivity contribution in [1.82, 2.24) is 9.62 Å². The Labute approximate surface area is 120 Å². The minimum Gasteiger partial charge on any atom is -0.315 e. The van der Waals surface area contributed by atoms with Gasteiger partial charge >= 0.3 is 0 Å². The van der Waals surface area contributed by atoms with Gasteiger partial charge in [-0.15, -0.1) is 17.9 Å². The first kappa shape index (κ1) is 16.4. The number of nitrogens with zero attached hydrogens (tertiary/aromatic N) is 1. The van der Waals surface area contributed by atoms with Gasteiger partial charge < -0.3 is 5.32 Å². The molecule has 108 valence electrons. The Hall–Kier alpha value is -0.690. The van der Waals surface area contributed by atoms with Crippen molar-refractivity contribution in [3.05, 3.63) is 28.5 Å². The quantitative estimate of drug-likeness (QED) is 0.787. The molecule has 0 aliphatic carbocycles. The van der Waals surface area contributed by atoms with Crippen molar-refractivity contribution in [3.8, 4) is 0 Å². The first-order valence-corrected chi connectivity index (χ1v) is 8.52. The van der Waals surface area contributed by atoms with E-state index in [1.807, 2.05) is 33.2 Å². The summed E-state index contributed by atoms with van der Waals surface area (Å²) in [5.74, 6) is 0. The van der Waals surface area contributed by atoms with Crippen LogP contribution in [0.2, 0.25) is 0 Å². The minimum atomic E-state index is -3.47. The van der Waals surface area contributed by atoms with Crippen molar-refractivity contribution < 1.29 is 8.42 Å². The summed E-state index contributed by atoms with van der Waals surface area (Å²) in [6.45, 7) is 10.1. The molecule has 4 nitrogen and oxygen atoms in total. The largest absolute Gasteiger partial charge is 0.315 e. The van der Waals surface area contributed by atoms with Crippen molar-refractivity contribution in [1.29, 1.82) is 0 Å². The molecule has 0 saturated carbocycles. The fraction of sp³-hybridized carbons (Fsp3) is 0.538. The predicted octanol–water partition coefficient (Wildman–Crippen LogP) is 2.36. The second-order valence-corrected chi connectivity index (χ2v) is 7.45. The Morgan fingerprint density at radius 3 is 2.63 bits per heavy atom. The molecule has 0 aliphatic rings. The van der Waals surface area contributed by atoms with E-state index in [9.17, 15) is 8.42 Å². The Bertz CT molecular complexity index is 533. The van der Waals surface area contributed by atoms with Crippen LogP contribution in [-0.4, -0.2) is 32.4 Å². The van der Waals surface area contributed by atoms with E-state index in [1.54, 1.807) is 6.08 Å². The fourth-order valence-electron chi connectivity index (χ4n) is 1.95. The van der Waals surface area contributed by atoms with Crippen LogP contribution >= 0.6 is 11.3 Å². The lowest BCUT2D eigenvalue weighted by Gasteiger charge is -2.25. The number of hydrogen-bond donors (Lipinski definition) is 1. The van der Waals surface area contributed by atoms with E-state index in [0.29, 0.717) is 18.0 Å². The highest BCUT2D eigenvalue weighted by atomic mass is 32.2. The molecule has 0 atom stereocenters. The van der Waals surface area contributed by atoms with Gasteiger partial charge in [0.05, 0.1) is 0 Å². The summed E-state index contributed by atoms with van der Waals surface area (Å²) in [6.07, 6.45) is 1.62. The van der Waals surface area contributed by atoms with Crippen LogP contribution in [0.25, 0.3) is 0 Å². The standard InChI is InChI=1S/C13H22N2O2S2/c1-6-7-15(10(2)3)19(16,17)13-11(4)9-18-12(13)8-14-5/h6,9-10,14H,1,7-8H2,2-5H3. The monoisotopic (exact) mass is 302 g/mol. The number of sulfonamides is 1. The van der Waals surface area contributed by atoms with Gasteiger partial charge in [-0.1, -0.05) is 6.08 Å². The van der Waals surface area contributed by atoms with Gasteiger partial charge in [0.25, 0.3) is 0 Å². The normalized spacial score (nSPS) is 12.3. The molecular formula is C13H22N2O2S2. The molecular weight excluding hydrogens is 280 g/mol. The molecule has 1 aromatic rings. The number of hydrogen-bond acceptors (Lipinski definition) is 4. The molecule has 0 radical (unpaired) electrons. The van der Waals surface area contributed by atoms with E-state index < -0.39 is 10.0 Å². The molecule has 6 heteroatoms. The molecule has 0 saturated heterocycles. The molecule has 1 aromatic heterocycles. The van der Waals surface area contributed by atoms with Gasteiger partial charge in [0.1, 0.15) is 4.90 Å². The van der Waals surface area contributed by atoms with E-state index in [1.165, 1.54) is 15.6 Å². The lowest BCUT2D eigenvalue weighted by molar-refractivity contribution is 0.382. The molecule has 0 aliphatic heterocycles. The van der Waals surface area contributed by atoms with Crippen LogP contribution in [0, 0.1) is 6.92 Å². The molecule has 1 N–H and O–H groups in total. The summed E-state index contributed by atoms with van der Waals surface area (Å²) in [4.78, 5) is 1.30. The first-order valence-electron chi connectivity index (χ1n) is 6.20. The second kappa shape index (κ2) is 6.65. The van der Waals surface area contributed by atoms with Gasteiger partial charge in [-0.25, -0.2) is 8.42 Å². The maximum absolute atomic E-state index is 12.8. The SMILES string of the molecule is C=CCN(C(C)C)S(=O)(=O)c1c(C)csc1CNC. The Morgan fingerprint density at radius 1 is 1.53 bits per heavy atom. The number of nitrogens with one attached hydrogen (secondary N) is 1. The lowest BCUT2D eigenvalue weighted by atomic mass is 10.3. The van der Waals surface area contributed by atoms with Crippen molar-refractivity contribution in [2.45, 2.75) is 38.3 Å². The van der Waals surface area contributed by atoms with Crippen LogP contribution in [0.1, 0.15) is 24.3 Å².